The summed E-state index contributed by atoms with van der Waals surface area (Å²) >= 11 is 1.49. The maximum atomic E-state index is 12.0. The van der Waals surface area contributed by atoms with Crippen LogP contribution in [0.15, 0.2) is 35.5 Å². The van der Waals surface area contributed by atoms with Crippen LogP contribution in [0.5, 0.6) is 0 Å². The van der Waals surface area contributed by atoms with E-state index in [-0.39, 0.29) is 5.91 Å². The van der Waals surface area contributed by atoms with E-state index in [0.29, 0.717) is 11.8 Å². The summed E-state index contributed by atoms with van der Waals surface area (Å²) in [6.07, 6.45) is 3.11. The SMILES string of the molecule is Cc1[nH]c(SCC(=O)N(C)C2CC2)nc1Cc1ccccc1. The van der Waals surface area contributed by atoms with Gasteiger partial charge in [0.2, 0.25) is 5.91 Å². The van der Waals surface area contributed by atoms with Gasteiger partial charge >= 0.3 is 0 Å². The van der Waals surface area contributed by atoms with E-state index in [1.54, 1.807) is 0 Å². The first-order valence-electron chi connectivity index (χ1n) is 7.61. The van der Waals surface area contributed by atoms with Gasteiger partial charge < -0.3 is 9.88 Å². The smallest absolute Gasteiger partial charge is 0.233 e. The van der Waals surface area contributed by atoms with Crippen LogP contribution in [0.2, 0.25) is 0 Å². The van der Waals surface area contributed by atoms with Crippen LogP contribution in [0, 0.1) is 6.92 Å². The number of aromatic nitrogens is 2. The molecule has 0 aliphatic heterocycles. The largest absolute Gasteiger partial charge is 0.342 e. The van der Waals surface area contributed by atoms with Crippen LogP contribution >= 0.6 is 11.8 Å². The summed E-state index contributed by atoms with van der Waals surface area (Å²) in [5.41, 5.74) is 3.38. The molecule has 1 aliphatic carbocycles. The molecule has 1 heterocycles. The monoisotopic (exact) mass is 315 g/mol. The van der Waals surface area contributed by atoms with Crippen LogP contribution in [0.25, 0.3) is 0 Å². The van der Waals surface area contributed by atoms with E-state index in [9.17, 15) is 4.79 Å². The highest BCUT2D eigenvalue weighted by Gasteiger charge is 2.29. The van der Waals surface area contributed by atoms with E-state index in [4.69, 9.17) is 0 Å². The Bertz CT molecular complexity index is 649. The molecule has 1 amide bonds. The molecule has 3 rings (SSSR count). The Morgan fingerprint density at radius 2 is 2.09 bits per heavy atom. The first-order valence-corrected chi connectivity index (χ1v) is 8.60. The Morgan fingerprint density at radius 3 is 2.77 bits per heavy atom. The number of hydrogen-bond donors (Lipinski definition) is 1. The number of nitrogens with one attached hydrogen (secondary N) is 1. The van der Waals surface area contributed by atoms with Crippen LogP contribution in [-0.4, -0.2) is 39.6 Å². The molecule has 1 fully saturated rings. The molecule has 2 aromatic rings. The molecular formula is C17H21N3OS. The molecule has 0 bridgehead atoms. The molecule has 116 valence electrons. The van der Waals surface area contributed by atoms with Crippen molar-refractivity contribution in [1.82, 2.24) is 14.9 Å². The lowest BCUT2D eigenvalue weighted by Gasteiger charge is -2.15. The fourth-order valence-corrected chi connectivity index (χ4v) is 3.26. The lowest BCUT2D eigenvalue weighted by Crippen LogP contribution is -2.30. The van der Waals surface area contributed by atoms with Gasteiger partial charge in [0.1, 0.15) is 0 Å². The van der Waals surface area contributed by atoms with Crippen LogP contribution in [-0.2, 0) is 11.2 Å². The molecule has 0 spiro atoms. The molecule has 1 aliphatic rings. The zero-order chi connectivity index (χ0) is 15.5. The number of carbonyl (C=O) groups is 1. The minimum Gasteiger partial charge on any atom is -0.342 e. The van der Waals surface area contributed by atoms with Crippen molar-refractivity contribution < 1.29 is 4.79 Å². The summed E-state index contributed by atoms with van der Waals surface area (Å²) in [6, 6.07) is 10.8. The van der Waals surface area contributed by atoms with Crippen LogP contribution < -0.4 is 0 Å². The van der Waals surface area contributed by atoms with Crippen LogP contribution in [0.4, 0.5) is 0 Å². The third-order valence-corrected chi connectivity index (χ3v) is 4.86. The number of rotatable bonds is 6. The highest BCUT2D eigenvalue weighted by atomic mass is 32.2. The summed E-state index contributed by atoms with van der Waals surface area (Å²) < 4.78 is 0. The van der Waals surface area contributed by atoms with Gasteiger partial charge in [0.25, 0.3) is 0 Å². The van der Waals surface area contributed by atoms with Gasteiger partial charge in [0, 0.05) is 25.2 Å². The Morgan fingerprint density at radius 1 is 1.36 bits per heavy atom. The molecule has 1 aromatic heterocycles. The number of H-pyrrole nitrogens is 1. The molecule has 22 heavy (non-hydrogen) atoms. The van der Waals surface area contributed by atoms with Gasteiger partial charge in [-0.2, -0.15) is 0 Å². The summed E-state index contributed by atoms with van der Waals surface area (Å²) in [5, 5.41) is 0.834. The fourth-order valence-electron chi connectivity index (χ4n) is 2.39. The van der Waals surface area contributed by atoms with Crippen molar-refractivity contribution in [3.63, 3.8) is 0 Å². The first-order chi connectivity index (χ1) is 10.6. The van der Waals surface area contributed by atoms with Crippen molar-refractivity contribution in [2.24, 2.45) is 0 Å². The Balaban J connectivity index is 1.58. The van der Waals surface area contributed by atoms with E-state index in [1.807, 2.05) is 37.1 Å². The van der Waals surface area contributed by atoms with Gasteiger partial charge in [-0.05, 0) is 25.3 Å². The lowest BCUT2D eigenvalue weighted by molar-refractivity contribution is -0.127. The van der Waals surface area contributed by atoms with Crippen LogP contribution in [0.3, 0.4) is 0 Å². The molecule has 0 radical (unpaired) electrons. The Labute approximate surface area is 135 Å². The summed E-state index contributed by atoms with van der Waals surface area (Å²) in [6.45, 7) is 2.04. The maximum absolute atomic E-state index is 12.0. The lowest BCUT2D eigenvalue weighted by atomic mass is 10.1. The molecule has 0 saturated heterocycles. The zero-order valence-corrected chi connectivity index (χ0v) is 13.8. The average Bonchev–Trinajstić information content (AvgIpc) is 3.31. The predicted molar refractivity (Wildman–Crippen MR) is 89.1 cm³/mol. The molecular weight excluding hydrogens is 294 g/mol. The van der Waals surface area contributed by atoms with Gasteiger partial charge in [-0.25, -0.2) is 4.98 Å². The van der Waals surface area contributed by atoms with Gasteiger partial charge in [0.15, 0.2) is 5.16 Å². The van der Waals surface area contributed by atoms with E-state index in [1.165, 1.54) is 17.3 Å². The molecule has 1 aromatic carbocycles. The summed E-state index contributed by atoms with van der Waals surface area (Å²) in [4.78, 5) is 21.8. The number of carbonyl (C=O) groups excluding carboxylic acids is 1. The van der Waals surface area contributed by atoms with Crippen molar-refractivity contribution in [2.45, 2.75) is 37.4 Å². The number of aromatic amines is 1. The van der Waals surface area contributed by atoms with Crippen molar-refractivity contribution >= 4 is 17.7 Å². The topological polar surface area (TPSA) is 49.0 Å². The Hall–Kier alpha value is -1.75. The second-order valence-electron chi connectivity index (χ2n) is 5.80. The zero-order valence-electron chi connectivity index (χ0n) is 13.0. The quantitative estimate of drug-likeness (QED) is 0.834. The van der Waals surface area contributed by atoms with Crippen molar-refractivity contribution in [3.8, 4) is 0 Å². The fraction of sp³-hybridized carbons (Fsp3) is 0.412. The summed E-state index contributed by atoms with van der Waals surface area (Å²) in [5.74, 6) is 0.635. The third kappa shape index (κ3) is 3.71. The van der Waals surface area contributed by atoms with Crippen LogP contribution in [0.1, 0.15) is 29.8 Å². The van der Waals surface area contributed by atoms with E-state index in [0.717, 1.165) is 35.8 Å². The first kappa shape index (κ1) is 15.2. The van der Waals surface area contributed by atoms with Gasteiger partial charge in [-0.15, -0.1) is 0 Å². The molecule has 0 unspecified atom stereocenters. The number of hydrogen-bond acceptors (Lipinski definition) is 3. The van der Waals surface area contributed by atoms with E-state index < -0.39 is 0 Å². The van der Waals surface area contributed by atoms with Gasteiger partial charge in [-0.3, -0.25) is 4.79 Å². The van der Waals surface area contributed by atoms with Gasteiger partial charge in [-0.1, -0.05) is 42.1 Å². The molecule has 0 atom stereocenters. The molecule has 1 saturated carbocycles. The second kappa shape index (κ2) is 6.57. The van der Waals surface area contributed by atoms with E-state index in [2.05, 4.69) is 22.1 Å². The van der Waals surface area contributed by atoms with Crippen molar-refractivity contribution in [1.29, 1.82) is 0 Å². The standard InChI is InChI=1S/C17H21N3OS/c1-12-15(10-13-6-4-3-5-7-13)19-17(18-12)22-11-16(21)20(2)14-8-9-14/h3-7,14H,8-11H2,1-2H3,(H,18,19). The Kier molecular flexibility index (Phi) is 4.52. The molecule has 5 heteroatoms. The number of nitrogens with zero attached hydrogens (tertiary/aromatic N) is 2. The van der Waals surface area contributed by atoms with E-state index >= 15 is 0 Å². The molecule has 4 nitrogen and oxygen atoms in total. The second-order valence-corrected chi connectivity index (χ2v) is 6.76. The minimum atomic E-state index is 0.186. The third-order valence-electron chi connectivity index (χ3n) is 4.00. The minimum absolute atomic E-state index is 0.186. The van der Waals surface area contributed by atoms with Crippen molar-refractivity contribution in [2.75, 3.05) is 12.8 Å². The summed E-state index contributed by atoms with van der Waals surface area (Å²) in [7, 11) is 1.90. The normalized spacial score (nSPS) is 14.1. The highest BCUT2D eigenvalue weighted by molar-refractivity contribution is 7.99. The number of amides is 1. The number of imidazole rings is 1. The average molecular weight is 315 g/mol. The van der Waals surface area contributed by atoms with Gasteiger partial charge in [0.05, 0.1) is 11.4 Å². The number of thioether (sulfide) groups is 1. The highest BCUT2D eigenvalue weighted by Crippen LogP contribution is 2.26. The maximum Gasteiger partial charge on any atom is 0.233 e. The van der Waals surface area contributed by atoms with Crippen molar-refractivity contribution in [3.05, 3.63) is 47.3 Å². The molecule has 1 N–H and O–H groups in total. The number of benzene rings is 1. The predicted octanol–water partition coefficient (Wildman–Crippen LogP) is 3.02. The number of aryl methyl sites for hydroxylation is 1.